The van der Waals surface area contributed by atoms with Crippen molar-refractivity contribution < 1.29 is 14.3 Å². The molecule has 0 N–H and O–H groups in total. The Hall–Kier alpha value is -2.82. The van der Waals surface area contributed by atoms with E-state index in [9.17, 15) is 4.79 Å². The van der Waals surface area contributed by atoms with E-state index in [0.29, 0.717) is 13.2 Å². The van der Waals surface area contributed by atoms with E-state index in [4.69, 9.17) is 9.47 Å². The molecule has 0 aliphatic rings. The second-order valence-electron chi connectivity index (χ2n) is 5.29. The van der Waals surface area contributed by atoms with Crippen molar-refractivity contribution in [2.75, 3.05) is 13.2 Å². The summed E-state index contributed by atoms with van der Waals surface area (Å²) in [4.78, 5) is 16.4. The van der Waals surface area contributed by atoms with E-state index in [2.05, 4.69) is 4.98 Å². The van der Waals surface area contributed by atoms with Gasteiger partial charge in [-0.2, -0.15) is 0 Å². The molecule has 0 fully saturated rings. The van der Waals surface area contributed by atoms with Gasteiger partial charge < -0.3 is 14.0 Å². The lowest BCUT2D eigenvalue weighted by atomic mass is 10.1. The lowest BCUT2D eigenvalue weighted by Crippen LogP contribution is -2.14. The van der Waals surface area contributed by atoms with Gasteiger partial charge in [0.15, 0.2) is 0 Å². The predicted molar refractivity (Wildman–Crippen MR) is 93.0 cm³/mol. The van der Waals surface area contributed by atoms with E-state index in [-0.39, 0.29) is 12.5 Å². The van der Waals surface area contributed by atoms with Gasteiger partial charge in [-0.1, -0.05) is 0 Å². The number of carbonyl (C=O) groups excluding carboxylic acids is 1. The maximum Gasteiger partial charge on any atom is 0.326 e. The minimum atomic E-state index is -0.271. The summed E-state index contributed by atoms with van der Waals surface area (Å²) in [6.07, 6.45) is 1.73. The molecule has 3 aromatic rings. The minimum Gasteiger partial charge on any atom is -0.494 e. The highest BCUT2D eigenvalue weighted by Gasteiger charge is 2.15. The quantitative estimate of drug-likeness (QED) is 0.649. The highest BCUT2D eigenvalue weighted by molar-refractivity contribution is 5.86. The van der Waals surface area contributed by atoms with Crippen molar-refractivity contribution in [1.82, 2.24) is 9.55 Å². The Morgan fingerprint density at radius 2 is 1.92 bits per heavy atom. The van der Waals surface area contributed by atoms with Crippen LogP contribution in [-0.2, 0) is 16.1 Å². The molecule has 1 aromatic carbocycles. The summed E-state index contributed by atoms with van der Waals surface area (Å²) in [6.45, 7) is 4.89. The Bertz CT molecular complexity index is 837. The second-order valence-corrected chi connectivity index (χ2v) is 5.29. The molecule has 2 heterocycles. The molecule has 0 radical (unpaired) electrons. The van der Waals surface area contributed by atoms with Gasteiger partial charge in [-0.15, -0.1) is 0 Å². The highest BCUT2D eigenvalue weighted by Crippen LogP contribution is 2.28. The molecule has 124 valence electrons. The lowest BCUT2D eigenvalue weighted by molar-refractivity contribution is -0.143. The summed E-state index contributed by atoms with van der Waals surface area (Å²) in [7, 11) is 0. The zero-order valence-electron chi connectivity index (χ0n) is 13.9. The zero-order chi connectivity index (χ0) is 16.9. The van der Waals surface area contributed by atoms with Crippen molar-refractivity contribution in [3.63, 3.8) is 0 Å². The van der Waals surface area contributed by atoms with Crippen LogP contribution in [0.15, 0.2) is 48.7 Å². The molecule has 24 heavy (non-hydrogen) atoms. The number of hydrogen-bond acceptors (Lipinski definition) is 4. The monoisotopic (exact) mass is 324 g/mol. The fourth-order valence-corrected chi connectivity index (χ4v) is 2.71. The molecule has 0 amide bonds. The maximum atomic E-state index is 12.0. The maximum absolute atomic E-state index is 12.0. The van der Waals surface area contributed by atoms with Crippen molar-refractivity contribution in [1.29, 1.82) is 0 Å². The van der Waals surface area contributed by atoms with Gasteiger partial charge in [0.25, 0.3) is 0 Å². The van der Waals surface area contributed by atoms with E-state index in [1.54, 1.807) is 13.1 Å². The van der Waals surface area contributed by atoms with Crippen molar-refractivity contribution >= 4 is 17.0 Å². The molecule has 0 aliphatic heterocycles. The Balaban J connectivity index is 2.04. The first-order chi connectivity index (χ1) is 11.7. The molecule has 0 atom stereocenters. The third kappa shape index (κ3) is 3.25. The van der Waals surface area contributed by atoms with Crippen LogP contribution in [0, 0.1) is 0 Å². The number of carbonyl (C=O) groups is 1. The molecule has 2 aromatic heterocycles. The molecule has 0 saturated carbocycles. The number of rotatable bonds is 6. The number of aromatic nitrogens is 2. The summed E-state index contributed by atoms with van der Waals surface area (Å²) in [5.41, 5.74) is 2.70. The molecule has 0 aliphatic carbocycles. The summed E-state index contributed by atoms with van der Waals surface area (Å²) >= 11 is 0. The second kappa shape index (κ2) is 7.17. The highest BCUT2D eigenvalue weighted by atomic mass is 16.5. The smallest absolute Gasteiger partial charge is 0.326 e. The van der Waals surface area contributed by atoms with Crippen molar-refractivity contribution in [2.45, 2.75) is 20.4 Å². The molecular weight excluding hydrogens is 304 g/mol. The molecule has 0 spiro atoms. The average Bonchev–Trinajstić information content (AvgIpc) is 2.95. The summed E-state index contributed by atoms with van der Waals surface area (Å²) < 4.78 is 12.5. The molecule has 0 saturated heterocycles. The fraction of sp³-hybridized carbons (Fsp3) is 0.263. The van der Waals surface area contributed by atoms with Crippen molar-refractivity contribution in [3.8, 4) is 17.0 Å². The SMILES string of the molecule is CCOC(=O)Cn1c(-c2ccc(OCC)cc2)cc2cccnc21. The Morgan fingerprint density at radius 1 is 1.12 bits per heavy atom. The molecule has 5 nitrogen and oxygen atoms in total. The Morgan fingerprint density at radius 3 is 2.62 bits per heavy atom. The van der Waals surface area contributed by atoms with E-state index < -0.39 is 0 Å². The summed E-state index contributed by atoms with van der Waals surface area (Å²) in [5.74, 6) is 0.556. The van der Waals surface area contributed by atoms with Crippen LogP contribution in [0.5, 0.6) is 5.75 Å². The van der Waals surface area contributed by atoms with Crippen LogP contribution < -0.4 is 4.74 Å². The predicted octanol–water partition coefficient (Wildman–Crippen LogP) is 3.67. The van der Waals surface area contributed by atoms with E-state index in [0.717, 1.165) is 28.0 Å². The first-order valence-electron chi connectivity index (χ1n) is 8.06. The number of benzene rings is 1. The summed E-state index contributed by atoms with van der Waals surface area (Å²) in [5, 5.41) is 0.991. The van der Waals surface area contributed by atoms with Gasteiger partial charge in [-0.3, -0.25) is 4.79 Å². The third-order valence-electron chi connectivity index (χ3n) is 3.71. The molecular formula is C19H20N2O3. The number of pyridine rings is 1. The van der Waals surface area contributed by atoms with Gasteiger partial charge in [0.1, 0.15) is 17.9 Å². The molecule has 3 rings (SSSR count). The van der Waals surface area contributed by atoms with Crippen molar-refractivity contribution in [3.05, 3.63) is 48.7 Å². The van der Waals surface area contributed by atoms with Crippen LogP contribution in [0.3, 0.4) is 0 Å². The van der Waals surface area contributed by atoms with Gasteiger partial charge in [0.2, 0.25) is 0 Å². The number of hydrogen-bond donors (Lipinski definition) is 0. The van der Waals surface area contributed by atoms with Crippen LogP contribution in [0.1, 0.15) is 13.8 Å². The molecule has 5 heteroatoms. The number of nitrogens with zero attached hydrogens (tertiary/aromatic N) is 2. The standard InChI is InChI=1S/C19H20N2O3/c1-3-23-16-9-7-14(8-10-16)17-12-15-6-5-11-20-19(15)21(17)13-18(22)24-4-2/h5-12H,3-4,13H2,1-2H3. The minimum absolute atomic E-state index is 0.136. The van der Waals surface area contributed by atoms with E-state index >= 15 is 0 Å². The Kier molecular flexibility index (Phi) is 4.79. The van der Waals surface area contributed by atoms with Crippen LogP contribution in [0.2, 0.25) is 0 Å². The lowest BCUT2D eigenvalue weighted by Gasteiger charge is -2.10. The van der Waals surface area contributed by atoms with E-state index in [1.165, 1.54) is 0 Å². The Labute approximate surface area is 140 Å². The zero-order valence-corrected chi connectivity index (χ0v) is 13.9. The van der Waals surface area contributed by atoms with Crippen LogP contribution in [0.4, 0.5) is 0 Å². The van der Waals surface area contributed by atoms with Crippen LogP contribution >= 0.6 is 0 Å². The number of esters is 1. The summed E-state index contributed by atoms with van der Waals surface area (Å²) in [6, 6.07) is 13.7. The molecule has 0 unspecified atom stereocenters. The van der Waals surface area contributed by atoms with Crippen LogP contribution in [0.25, 0.3) is 22.3 Å². The van der Waals surface area contributed by atoms with Gasteiger partial charge in [-0.05, 0) is 61.9 Å². The normalized spacial score (nSPS) is 10.8. The van der Waals surface area contributed by atoms with Crippen LogP contribution in [-0.4, -0.2) is 28.7 Å². The fourth-order valence-electron chi connectivity index (χ4n) is 2.71. The molecule has 0 bridgehead atoms. The largest absolute Gasteiger partial charge is 0.494 e. The number of fused-ring (bicyclic) bond motifs is 1. The van der Waals surface area contributed by atoms with Gasteiger partial charge in [-0.25, -0.2) is 4.98 Å². The third-order valence-corrected chi connectivity index (χ3v) is 3.71. The van der Waals surface area contributed by atoms with Gasteiger partial charge in [0.05, 0.1) is 18.9 Å². The number of ether oxygens (including phenoxy) is 2. The average molecular weight is 324 g/mol. The van der Waals surface area contributed by atoms with Gasteiger partial charge in [0, 0.05) is 11.6 Å². The first kappa shape index (κ1) is 16.1. The van der Waals surface area contributed by atoms with Crippen molar-refractivity contribution in [2.24, 2.45) is 0 Å². The first-order valence-corrected chi connectivity index (χ1v) is 8.06. The topological polar surface area (TPSA) is 53.4 Å². The van der Waals surface area contributed by atoms with Gasteiger partial charge >= 0.3 is 5.97 Å². The van der Waals surface area contributed by atoms with E-state index in [1.807, 2.05) is 54.0 Å².